The van der Waals surface area contributed by atoms with Gasteiger partial charge in [0, 0.05) is 37.0 Å². The third-order valence-electron chi connectivity index (χ3n) is 5.52. The molecule has 1 aromatic rings. The van der Waals surface area contributed by atoms with Gasteiger partial charge in [0.15, 0.2) is 0 Å². The van der Waals surface area contributed by atoms with Crippen LogP contribution in [0.3, 0.4) is 0 Å². The molecule has 1 heterocycles. The number of alkyl halides is 2. The predicted octanol–water partition coefficient (Wildman–Crippen LogP) is 2.30. The molecule has 178 valence electrons. The summed E-state index contributed by atoms with van der Waals surface area (Å²) >= 11 is 0. The summed E-state index contributed by atoms with van der Waals surface area (Å²) in [5.74, 6) is -6.93. The highest BCUT2D eigenvalue weighted by atomic mass is 19.3. The van der Waals surface area contributed by atoms with Crippen LogP contribution in [0.2, 0.25) is 0 Å². The average molecular weight is 464 g/mol. The fourth-order valence-electron chi connectivity index (χ4n) is 3.79. The zero-order chi connectivity index (χ0) is 24.5. The third-order valence-corrected chi connectivity index (χ3v) is 5.52. The zero-order valence-electron chi connectivity index (χ0n) is 18.1. The fraction of sp³-hybridized carbons (Fsp3) is 0.435. The van der Waals surface area contributed by atoms with Gasteiger partial charge >= 0.3 is 5.97 Å². The Balaban J connectivity index is 1.98. The lowest BCUT2D eigenvalue weighted by Gasteiger charge is -2.31. The molecule has 0 aliphatic carbocycles. The van der Waals surface area contributed by atoms with Crippen LogP contribution in [0.4, 0.5) is 8.78 Å². The first-order valence-corrected chi connectivity index (χ1v) is 10.6. The van der Waals surface area contributed by atoms with Crippen molar-refractivity contribution in [1.82, 2.24) is 10.2 Å². The Hall–Kier alpha value is -3.43. The Labute approximate surface area is 189 Å². The largest absolute Gasteiger partial charge is 0.475 e. The molecule has 0 aromatic heterocycles. The van der Waals surface area contributed by atoms with Gasteiger partial charge in [0.25, 0.3) is 18.2 Å². The quantitative estimate of drug-likeness (QED) is 0.263. The molecule has 8 nitrogen and oxygen atoms in total. The number of halogens is 2. The van der Waals surface area contributed by atoms with Crippen LogP contribution in [0.1, 0.15) is 44.1 Å². The van der Waals surface area contributed by atoms with Gasteiger partial charge < -0.3 is 10.4 Å². The minimum atomic E-state index is -3.04. The lowest BCUT2D eigenvalue weighted by atomic mass is 9.79. The average Bonchev–Trinajstić information content (AvgIpc) is 3.10. The Kier molecular flexibility index (Phi) is 9.38. The van der Waals surface area contributed by atoms with Gasteiger partial charge in [0.2, 0.25) is 11.7 Å². The van der Waals surface area contributed by atoms with E-state index in [4.69, 9.17) is 5.11 Å². The van der Waals surface area contributed by atoms with E-state index in [0.29, 0.717) is 24.8 Å². The van der Waals surface area contributed by atoms with E-state index in [9.17, 15) is 32.8 Å². The fourth-order valence-corrected chi connectivity index (χ4v) is 3.79. The number of amides is 3. The van der Waals surface area contributed by atoms with E-state index in [2.05, 4.69) is 5.32 Å². The molecule has 2 rings (SSSR count). The van der Waals surface area contributed by atoms with E-state index in [-0.39, 0.29) is 13.0 Å². The van der Waals surface area contributed by atoms with Crippen molar-refractivity contribution in [2.24, 2.45) is 5.92 Å². The van der Waals surface area contributed by atoms with Crippen molar-refractivity contribution < 1.29 is 37.9 Å². The second-order valence-electron chi connectivity index (χ2n) is 7.79. The minimum absolute atomic E-state index is 0.0773. The number of carboxylic acid groups (broad SMARTS) is 1. The number of benzene rings is 1. The SMILES string of the molecule is CC(C(=O)C(=O)O)C(c1ccccc1)C(NC(=O)CCCCCN1C(=O)C=CC1=O)C(F)F. The van der Waals surface area contributed by atoms with E-state index in [1.807, 2.05) is 0 Å². The highest BCUT2D eigenvalue weighted by Crippen LogP contribution is 2.32. The first kappa shape index (κ1) is 25.8. The first-order chi connectivity index (χ1) is 15.6. The van der Waals surface area contributed by atoms with Gasteiger partial charge in [0.05, 0.1) is 6.04 Å². The number of rotatable bonds is 13. The van der Waals surface area contributed by atoms with Crippen molar-refractivity contribution in [3.05, 3.63) is 48.0 Å². The molecule has 1 aliphatic heterocycles. The normalized spacial score (nSPS) is 16.1. The highest BCUT2D eigenvalue weighted by Gasteiger charge is 2.40. The number of nitrogens with zero attached hydrogens (tertiary/aromatic N) is 1. The summed E-state index contributed by atoms with van der Waals surface area (Å²) in [6, 6.07) is 6.07. The van der Waals surface area contributed by atoms with E-state index in [1.54, 1.807) is 18.2 Å². The van der Waals surface area contributed by atoms with Gasteiger partial charge in [-0.25, -0.2) is 13.6 Å². The Morgan fingerprint density at radius 3 is 2.15 bits per heavy atom. The van der Waals surface area contributed by atoms with Gasteiger partial charge in [-0.05, 0) is 18.4 Å². The van der Waals surface area contributed by atoms with Crippen molar-refractivity contribution in [3.8, 4) is 0 Å². The summed E-state index contributed by atoms with van der Waals surface area (Å²) in [6.45, 7) is 1.46. The van der Waals surface area contributed by atoms with E-state index >= 15 is 0 Å². The molecule has 0 fully saturated rings. The molecular weight excluding hydrogens is 438 g/mol. The Bertz CT molecular complexity index is 901. The lowest BCUT2D eigenvalue weighted by Crippen LogP contribution is -2.47. The summed E-state index contributed by atoms with van der Waals surface area (Å²) in [4.78, 5) is 59.6. The number of aliphatic carboxylic acids is 1. The number of nitrogens with one attached hydrogen (secondary N) is 1. The van der Waals surface area contributed by atoms with Crippen molar-refractivity contribution in [2.75, 3.05) is 6.54 Å². The predicted molar refractivity (Wildman–Crippen MR) is 113 cm³/mol. The number of hydrogen-bond acceptors (Lipinski definition) is 5. The second-order valence-corrected chi connectivity index (χ2v) is 7.79. The summed E-state index contributed by atoms with van der Waals surface area (Å²) in [7, 11) is 0. The summed E-state index contributed by atoms with van der Waals surface area (Å²) in [6.07, 6.45) is 0.528. The second kappa shape index (κ2) is 12.0. The van der Waals surface area contributed by atoms with Crippen LogP contribution in [-0.4, -0.2) is 58.5 Å². The van der Waals surface area contributed by atoms with E-state index in [0.717, 1.165) is 4.90 Å². The molecule has 0 spiro atoms. The van der Waals surface area contributed by atoms with Gasteiger partial charge in [-0.1, -0.05) is 43.7 Å². The number of unbranched alkanes of at least 4 members (excludes halogenated alkanes) is 2. The number of imide groups is 1. The number of carbonyl (C=O) groups excluding carboxylic acids is 4. The number of ketones is 1. The van der Waals surface area contributed by atoms with Crippen LogP contribution in [0.5, 0.6) is 0 Å². The molecule has 0 saturated carbocycles. The number of carboxylic acids is 1. The zero-order valence-corrected chi connectivity index (χ0v) is 18.1. The monoisotopic (exact) mass is 464 g/mol. The molecule has 1 aliphatic rings. The first-order valence-electron chi connectivity index (χ1n) is 10.6. The smallest absolute Gasteiger partial charge is 0.372 e. The Morgan fingerprint density at radius 1 is 1.00 bits per heavy atom. The molecular formula is C23H26F2N2O6. The number of hydrogen-bond donors (Lipinski definition) is 2. The summed E-state index contributed by atoms with van der Waals surface area (Å²) in [5.41, 5.74) is 0.318. The van der Waals surface area contributed by atoms with Crippen LogP contribution in [0.25, 0.3) is 0 Å². The molecule has 1 aromatic carbocycles. The van der Waals surface area contributed by atoms with Gasteiger partial charge in [-0.3, -0.25) is 24.1 Å². The van der Waals surface area contributed by atoms with Crippen molar-refractivity contribution in [1.29, 1.82) is 0 Å². The molecule has 3 atom stereocenters. The van der Waals surface area contributed by atoms with Crippen molar-refractivity contribution >= 4 is 29.5 Å². The molecule has 3 amide bonds. The van der Waals surface area contributed by atoms with Gasteiger partial charge in [0.1, 0.15) is 0 Å². The van der Waals surface area contributed by atoms with Crippen molar-refractivity contribution in [3.63, 3.8) is 0 Å². The van der Waals surface area contributed by atoms with E-state index in [1.165, 1.54) is 31.2 Å². The molecule has 3 unspecified atom stereocenters. The van der Waals surface area contributed by atoms with Crippen LogP contribution in [-0.2, 0) is 24.0 Å². The van der Waals surface area contributed by atoms with Gasteiger partial charge in [-0.15, -0.1) is 0 Å². The van der Waals surface area contributed by atoms with Crippen LogP contribution in [0, 0.1) is 5.92 Å². The Morgan fingerprint density at radius 2 is 1.61 bits per heavy atom. The molecule has 33 heavy (non-hydrogen) atoms. The molecule has 10 heteroatoms. The number of Topliss-reactive ketones (excluding diaryl/α,β-unsaturated/α-hetero) is 1. The number of carbonyl (C=O) groups is 5. The van der Waals surface area contributed by atoms with Crippen LogP contribution in [0.15, 0.2) is 42.5 Å². The maximum Gasteiger partial charge on any atom is 0.372 e. The molecule has 0 saturated heterocycles. The van der Waals surface area contributed by atoms with E-state index < -0.39 is 53.8 Å². The highest BCUT2D eigenvalue weighted by molar-refractivity contribution is 6.33. The van der Waals surface area contributed by atoms with Gasteiger partial charge in [-0.2, -0.15) is 0 Å². The maximum atomic E-state index is 14.0. The van der Waals surface area contributed by atoms with Crippen LogP contribution >= 0.6 is 0 Å². The summed E-state index contributed by atoms with van der Waals surface area (Å²) in [5, 5.41) is 11.3. The molecule has 0 bridgehead atoms. The van der Waals surface area contributed by atoms with Crippen molar-refractivity contribution in [2.45, 2.75) is 51.0 Å². The standard InChI is InChI=1S/C23H26F2N2O6/c1-14(21(31)23(32)33)19(15-8-4-2-5-9-15)20(22(24)25)26-16(28)10-6-3-7-13-27-17(29)11-12-18(27)30/h2,4-5,8-9,11-12,14,19-20,22H,3,6-7,10,13H2,1H3,(H,26,28)(H,32,33). The molecule has 2 N–H and O–H groups in total. The summed E-state index contributed by atoms with van der Waals surface area (Å²) < 4.78 is 27.9. The maximum absolute atomic E-state index is 14.0. The topological polar surface area (TPSA) is 121 Å². The third kappa shape index (κ3) is 7.03. The minimum Gasteiger partial charge on any atom is -0.475 e. The molecule has 0 radical (unpaired) electrons. The van der Waals surface area contributed by atoms with Crippen LogP contribution < -0.4 is 5.32 Å². The lowest BCUT2D eigenvalue weighted by molar-refractivity contribution is -0.151.